The molecule has 2 fully saturated rings. The number of hydrogen-bond acceptors (Lipinski definition) is 8. The van der Waals surface area contributed by atoms with Crippen LogP contribution in [0.25, 0.3) is 0 Å². The van der Waals surface area contributed by atoms with Crippen molar-refractivity contribution >= 4 is 35.3 Å². The van der Waals surface area contributed by atoms with E-state index in [4.69, 9.17) is 13.9 Å². The van der Waals surface area contributed by atoms with E-state index in [0.29, 0.717) is 6.42 Å². The molecule has 1 aliphatic carbocycles. The van der Waals surface area contributed by atoms with Crippen molar-refractivity contribution in [3.8, 4) is 0 Å². The smallest absolute Gasteiger partial charge is 0.337 e. The number of piperazine rings is 1. The van der Waals surface area contributed by atoms with E-state index in [0.717, 1.165) is 19.3 Å². The van der Waals surface area contributed by atoms with Crippen LogP contribution in [0.1, 0.15) is 63.4 Å². The number of benzene rings is 1. The highest BCUT2D eigenvalue weighted by atomic mass is 16.5. The van der Waals surface area contributed by atoms with Crippen LogP contribution >= 0.6 is 0 Å². The van der Waals surface area contributed by atoms with E-state index in [9.17, 15) is 24.0 Å². The lowest BCUT2D eigenvalue weighted by Crippen LogP contribution is -2.68. The van der Waals surface area contributed by atoms with Crippen molar-refractivity contribution in [1.29, 1.82) is 0 Å². The molecule has 11 nitrogen and oxygen atoms in total. The van der Waals surface area contributed by atoms with Crippen LogP contribution in [0.4, 0.5) is 5.69 Å². The fourth-order valence-electron chi connectivity index (χ4n) is 4.82. The van der Waals surface area contributed by atoms with Gasteiger partial charge in [0.15, 0.2) is 5.76 Å². The van der Waals surface area contributed by atoms with Gasteiger partial charge < -0.3 is 29.4 Å². The van der Waals surface area contributed by atoms with Crippen LogP contribution in [0.2, 0.25) is 0 Å². The number of nitrogens with zero attached hydrogens (tertiary/aromatic N) is 1. The SMILES string of the molecule is COC(=O)c1cc(NC(=O)C[C@@H]2C(=O)N[C@@H]3CCCC[C@H]3N2C(=O)c2ccco2)cc(C(=O)OC)c1. The molecule has 1 saturated carbocycles. The van der Waals surface area contributed by atoms with E-state index < -0.39 is 35.7 Å². The van der Waals surface area contributed by atoms with Crippen molar-refractivity contribution in [1.82, 2.24) is 10.2 Å². The number of ether oxygens (including phenoxy) is 2. The molecule has 0 bridgehead atoms. The third kappa shape index (κ3) is 5.09. The molecule has 2 aliphatic rings. The molecule has 0 unspecified atom stereocenters. The predicted octanol–water partition coefficient (Wildman–Crippen LogP) is 2.13. The van der Waals surface area contributed by atoms with E-state index in [-0.39, 0.29) is 41.1 Å². The molecule has 0 spiro atoms. The third-order valence-corrected chi connectivity index (χ3v) is 6.46. The largest absolute Gasteiger partial charge is 0.465 e. The zero-order valence-electron chi connectivity index (χ0n) is 19.9. The van der Waals surface area contributed by atoms with Gasteiger partial charge in [0, 0.05) is 11.7 Å². The van der Waals surface area contributed by atoms with Crippen LogP contribution in [0.3, 0.4) is 0 Å². The molecule has 2 aromatic rings. The number of rotatable bonds is 6. The monoisotopic (exact) mass is 497 g/mol. The van der Waals surface area contributed by atoms with Gasteiger partial charge in [-0.15, -0.1) is 0 Å². The second-order valence-electron chi connectivity index (χ2n) is 8.71. The Morgan fingerprint density at radius 2 is 1.72 bits per heavy atom. The van der Waals surface area contributed by atoms with Crippen molar-refractivity contribution in [2.75, 3.05) is 19.5 Å². The van der Waals surface area contributed by atoms with Gasteiger partial charge in [-0.25, -0.2) is 9.59 Å². The maximum atomic E-state index is 13.3. The van der Waals surface area contributed by atoms with Gasteiger partial charge in [0.05, 0.1) is 44.1 Å². The molecule has 3 atom stereocenters. The van der Waals surface area contributed by atoms with Crippen molar-refractivity contribution in [2.24, 2.45) is 0 Å². The van der Waals surface area contributed by atoms with E-state index >= 15 is 0 Å². The van der Waals surface area contributed by atoms with Gasteiger partial charge in [-0.2, -0.15) is 0 Å². The summed E-state index contributed by atoms with van der Waals surface area (Å²) in [5.41, 5.74) is 0.204. The second-order valence-corrected chi connectivity index (χ2v) is 8.71. The molecule has 1 aromatic carbocycles. The third-order valence-electron chi connectivity index (χ3n) is 6.46. The van der Waals surface area contributed by atoms with E-state index in [1.165, 1.54) is 49.6 Å². The average Bonchev–Trinajstić information content (AvgIpc) is 3.42. The van der Waals surface area contributed by atoms with Crippen LogP contribution in [-0.2, 0) is 19.1 Å². The number of furan rings is 1. The Bertz CT molecular complexity index is 1140. The summed E-state index contributed by atoms with van der Waals surface area (Å²) >= 11 is 0. The lowest BCUT2D eigenvalue weighted by atomic mass is 9.85. The normalized spacial score (nSPS) is 21.1. The van der Waals surface area contributed by atoms with E-state index in [1.807, 2.05) is 0 Å². The van der Waals surface area contributed by atoms with Crippen LogP contribution in [0, 0.1) is 0 Å². The topological polar surface area (TPSA) is 144 Å². The Labute approximate surface area is 207 Å². The maximum absolute atomic E-state index is 13.3. The molecule has 1 saturated heterocycles. The molecule has 36 heavy (non-hydrogen) atoms. The summed E-state index contributed by atoms with van der Waals surface area (Å²) in [6.45, 7) is 0. The highest BCUT2D eigenvalue weighted by Gasteiger charge is 2.46. The van der Waals surface area contributed by atoms with Gasteiger partial charge in [0.1, 0.15) is 6.04 Å². The summed E-state index contributed by atoms with van der Waals surface area (Å²) in [6, 6.07) is 5.57. The molecule has 2 heterocycles. The fourth-order valence-corrected chi connectivity index (χ4v) is 4.82. The zero-order chi connectivity index (χ0) is 25.8. The molecule has 3 amide bonds. The number of esters is 2. The van der Waals surface area contributed by atoms with E-state index in [1.54, 1.807) is 6.07 Å². The summed E-state index contributed by atoms with van der Waals surface area (Å²) in [5, 5.41) is 5.58. The Morgan fingerprint density at radius 3 is 2.33 bits per heavy atom. The van der Waals surface area contributed by atoms with Crippen molar-refractivity contribution in [3.05, 3.63) is 53.5 Å². The lowest BCUT2D eigenvalue weighted by molar-refractivity contribution is -0.135. The van der Waals surface area contributed by atoms with Gasteiger partial charge in [-0.05, 0) is 43.2 Å². The first kappa shape index (κ1) is 25.0. The lowest BCUT2D eigenvalue weighted by Gasteiger charge is -2.47. The summed E-state index contributed by atoms with van der Waals surface area (Å²) in [5.74, 6) is -2.78. The standard InChI is InChI=1S/C25H27N3O8/c1-34-24(32)14-10-15(25(33)35-2)12-16(11-14)26-21(29)13-19-22(30)27-17-6-3-4-7-18(17)28(19)23(31)20-8-5-9-36-20/h5,8-12,17-19H,3-4,6-7,13H2,1-2H3,(H,26,29)(H,27,30)/t17-,18-,19-/m1/s1. The van der Waals surface area contributed by atoms with E-state index in [2.05, 4.69) is 10.6 Å². The molecule has 190 valence electrons. The highest BCUT2D eigenvalue weighted by Crippen LogP contribution is 2.31. The molecule has 0 radical (unpaired) electrons. The Hall–Kier alpha value is -4.15. The Balaban J connectivity index is 1.59. The number of fused-ring (bicyclic) bond motifs is 1. The van der Waals surface area contributed by atoms with Crippen molar-refractivity contribution < 1.29 is 37.9 Å². The van der Waals surface area contributed by atoms with Crippen LogP contribution in [0.5, 0.6) is 0 Å². The summed E-state index contributed by atoms with van der Waals surface area (Å²) < 4.78 is 14.7. The quantitative estimate of drug-likeness (QED) is 0.578. The van der Waals surface area contributed by atoms with Gasteiger partial charge in [0.25, 0.3) is 5.91 Å². The first-order valence-corrected chi connectivity index (χ1v) is 11.6. The number of anilines is 1. The average molecular weight is 498 g/mol. The first-order valence-electron chi connectivity index (χ1n) is 11.6. The molecular weight excluding hydrogens is 470 g/mol. The molecule has 11 heteroatoms. The first-order chi connectivity index (χ1) is 17.3. The second kappa shape index (κ2) is 10.6. The predicted molar refractivity (Wildman–Crippen MR) is 125 cm³/mol. The number of amides is 3. The number of methoxy groups -OCH3 is 2. The number of hydrogen-bond donors (Lipinski definition) is 2. The molecule has 4 rings (SSSR count). The van der Waals surface area contributed by atoms with Crippen LogP contribution in [0.15, 0.2) is 41.0 Å². The van der Waals surface area contributed by atoms with Crippen molar-refractivity contribution in [2.45, 2.75) is 50.2 Å². The molecule has 2 N–H and O–H groups in total. The Morgan fingerprint density at radius 1 is 1.06 bits per heavy atom. The summed E-state index contributed by atoms with van der Waals surface area (Å²) in [4.78, 5) is 65.0. The van der Waals surface area contributed by atoms with Crippen molar-refractivity contribution in [3.63, 3.8) is 0 Å². The minimum Gasteiger partial charge on any atom is -0.465 e. The number of carbonyl (C=O) groups is 5. The number of nitrogens with one attached hydrogen (secondary N) is 2. The van der Waals surface area contributed by atoms with Gasteiger partial charge in [-0.1, -0.05) is 12.8 Å². The Kier molecular flexibility index (Phi) is 7.37. The van der Waals surface area contributed by atoms with Gasteiger partial charge in [-0.3, -0.25) is 14.4 Å². The number of carbonyl (C=O) groups excluding carboxylic acids is 5. The maximum Gasteiger partial charge on any atom is 0.337 e. The highest BCUT2D eigenvalue weighted by molar-refractivity contribution is 6.02. The molecule has 1 aliphatic heterocycles. The fraction of sp³-hybridized carbons (Fsp3) is 0.400. The molecular formula is C25H27N3O8. The minimum atomic E-state index is -1.06. The minimum absolute atomic E-state index is 0.0331. The zero-order valence-corrected chi connectivity index (χ0v) is 19.9. The summed E-state index contributed by atoms with van der Waals surface area (Å²) in [7, 11) is 2.38. The molecule has 1 aromatic heterocycles. The van der Waals surface area contributed by atoms with Crippen LogP contribution in [-0.4, -0.2) is 66.9 Å². The van der Waals surface area contributed by atoms with Gasteiger partial charge in [0.2, 0.25) is 11.8 Å². The summed E-state index contributed by atoms with van der Waals surface area (Å²) in [6.07, 6.45) is 4.32. The van der Waals surface area contributed by atoms with Gasteiger partial charge >= 0.3 is 11.9 Å². The van der Waals surface area contributed by atoms with Crippen LogP contribution < -0.4 is 10.6 Å².